The summed E-state index contributed by atoms with van der Waals surface area (Å²) in [5.41, 5.74) is 3.52. The van der Waals surface area contributed by atoms with Crippen LogP contribution in [0.1, 0.15) is 11.1 Å². The summed E-state index contributed by atoms with van der Waals surface area (Å²) in [5.74, 6) is 2.23. The first-order valence-electron chi connectivity index (χ1n) is 10.5. The Morgan fingerprint density at radius 3 is 2.27 bits per heavy atom. The van der Waals surface area contributed by atoms with Gasteiger partial charge in [0.1, 0.15) is 5.75 Å². The fraction of sp³-hybridized carbons (Fsp3) is 0.348. The van der Waals surface area contributed by atoms with Crippen molar-refractivity contribution in [2.75, 3.05) is 49.6 Å². The number of phenols is 1. The van der Waals surface area contributed by atoms with Crippen LogP contribution in [0.2, 0.25) is 0 Å². The predicted octanol–water partition coefficient (Wildman–Crippen LogP) is 2.56. The standard InChI is InChI=1S/C23H26N6O/c1-27-11-13-28(14-12-27)22-24-21(18-7-4-8-20(30)15-18)25-23(26-22)29-10-9-17-5-2-3-6-19(17)16-29/h2-8,15,30H,9-14,16H2,1H3. The van der Waals surface area contributed by atoms with Crippen molar-refractivity contribution >= 4 is 11.9 Å². The lowest BCUT2D eigenvalue weighted by molar-refractivity contribution is 0.311. The van der Waals surface area contributed by atoms with E-state index in [1.165, 1.54) is 11.1 Å². The molecule has 0 bridgehead atoms. The number of aromatic hydroxyl groups is 1. The van der Waals surface area contributed by atoms with Crippen molar-refractivity contribution in [3.8, 4) is 17.1 Å². The normalized spacial score (nSPS) is 17.1. The van der Waals surface area contributed by atoms with E-state index < -0.39 is 0 Å². The smallest absolute Gasteiger partial charge is 0.231 e. The highest BCUT2D eigenvalue weighted by atomic mass is 16.3. The van der Waals surface area contributed by atoms with Gasteiger partial charge in [-0.15, -0.1) is 0 Å². The van der Waals surface area contributed by atoms with Crippen molar-refractivity contribution in [1.82, 2.24) is 19.9 Å². The quantitative estimate of drug-likeness (QED) is 0.722. The lowest BCUT2D eigenvalue weighted by Crippen LogP contribution is -2.45. The molecule has 1 fully saturated rings. The topological polar surface area (TPSA) is 68.6 Å². The summed E-state index contributed by atoms with van der Waals surface area (Å²) in [6.07, 6.45) is 0.979. The summed E-state index contributed by atoms with van der Waals surface area (Å²) < 4.78 is 0. The Hall–Kier alpha value is -3.19. The van der Waals surface area contributed by atoms with Crippen LogP contribution in [0.15, 0.2) is 48.5 Å². The molecule has 3 heterocycles. The lowest BCUT2D eigenvalue weighted by atomic mass is 10.0. The maximum Gasteiger partial charge on any atom is 0.231 e. The number of nitrogens with zero attached hydrogens (tertiary/aromatic N) is 6. The molecule has 1 aromatic heterocycles. The molecule has 30 heavy (non-hydrogen) atoms. The van der Waals surface area contributed by atoms with Crippen LogP contribution < -0.4 is 9.80 Å². The largest absolute Gasteiger partial charge is 0.508 e. The van der Waals surface area contributed by atoms with Crippen LogP contribution in [0, 0.1) is 0 Å². The molecule has 0 amide bonds. The first-order chi connectivity index (χ1) is 14.7. The van der Waals surface area contributed by atoms with Crippen molar-refractivity contribution in [2.45, 2.75) is 13.0 Å². The second kappa shape index (κ2) is 7.91. The van der Waals surface area contributed by atoms with E-state index in [0.717, 1.165) is 51.3 Å². The Kier molecular flexibility index (Phi) is 4.96. The molecule has 3 aromatic rings. The van der Waals surface area contributed by atoms with Gasteiger partial charge < -0.3 is 19.8 Å². The molecule has 2 aliphatic heterocycles. The number of fused-ring (bicyclic) bond motifs is 1. The molecule has 0 radical (unpaired) electrons. The molecule has 0 unspecified atom stereocenters. The van der Waals surface area contributed by atoms with E-state index in [4.69, 9.17) is 15.0 Å². The number of rotatable bonds is 3. The molecule has 7 heteroatoms. The summed E-state index contributed by atoms with van der Waals surface area (Å²) >= 11 is 0. The molecular formula is C23H26N6O. The fourth-order valence-corrected chi connectivity index (χ4v) is 4.08. The van der Waals surface area contributed by atoms with Crippen LogP contribution in [0.4, 0.5) is 11.9 Å². The summed E-state index contributed by atoms with van der Waals surface area (Å²) in [6.45, 7) is 5.42. The van der Waals surface area contributed by atoms with E-state index >= 15 is 0 Å². The summed E-state index contributed by atoms with van der Waals surface area (Å²) in [4.78, 5) is 21.2. The molecule has 7 nitrogen and oxygen atoms in total. The third kappa shape index (κ3) is 3.80. The molecule has 0 aliphatic carbocycles. The second-order valence-corrected chi connectivity index (χ2v) is 8.04. The van der Waals surface area contributed by atoms with Gasteiger partial charge >= 0.3 is 0 Å². The molecule has 154 valence electrons. The molecule has 1 saturated heterocycles. The van der Waals surface area contributed by atoms with Crippen LogP contribution in [0.5, 0.6) is 5.75 Å². The Bertz CT molecular complexity index is 1050. The van der Waals surface area contributed by atoms with Crippen molar-refractivity contribution < 1.29 is 5.11 Å². The van der Waals surface area contributed by atoms with Gasteiger partial charge in [0.05, 0.1) is 0 Å². The van der Waals surface area contributed by atoms with Gasteiger partial charge in [-0.25, -0.2) is 0 Å². The van der Waals surface area contributed by atoms with E-state index in [1.54, 1.807) is 12.1 Å². The fourth-order valence-electron chi connectivity index (χ4n) is 4.08. The number of anilines is 2. The maximum atomic E-state index is 9.95. The average Bonchev–Trinajstić information content (AvgIpc) is 2.79. The second-order valence-electron chi connectivity index (χ2n) is 8.04. The van der Waals surface area contributed by atoms with Crippen molar-refractivity contribution in [3.05, 3.63) is 59.7 Å². The molecule has 2 aromatic carbocycles. The van der Waals surface area contributed by atoms with Crippen LogP contribution >= 0.6 is 0 Å². The number of phenolic OH excluding ortho intramolecular Hbond substituents is 1. The maximum absolute atomic E-state index is 9.95. The van der Waals surface area contributed by atoms with Gasteiger partial charge in [-0.3, -0.25) is 0 Å². The highest BCUT2D eigenvalue weighted by Crippen LogP contribution is 2.27. The van der Waals surface area contributed by atoms with E-state index in [-0.39, 0.29) is 5.75 Å². The SMILES string of the molecule is CN1CCN(c2nc(-c3cccc(O)c3)nc(N3CCc4ccccc4C3)n2)CC1. The first-order valence-corrected chi connectivity index (χ1v) is 10.5. The lowest BCUT2D eigenvalue weighted by Gasteiger charge is -2.33. The van der Waals surface area contributed by atoms with Crippen LogP contribution in [-0.2, 0) is 13.0 Å². The molecule has 0 atom stereocenters. The Labute approximate surface area is 176 Å². The van der Waals surface area contributed by atoms with E-state index in [1.807, 2.05) is 12.1 Å². The molecule has 2 aliphatic rings. The van der Waals surface area contributed by atoms with Crippen molar-refractivity contribution in [1.29, 1.82) is 0 Å². The number of hydrogen-bond donors (Lipinski definition) is 1. The van der Waals surface area contributed by atoms with Crippen molar-refractivity contribution in [2.24, 2.45) is 0 Å². The van der Waals surface area contributed by atoms with E-state index in [2.05, 4.69) is 46.0 Å². The zero-order chi connectivity index (χ0) is 20.5. The number of hydrogen-bond acceptors (Lipinski definition) is 7. The minimum absolute atomic E-state index is 0.211. The Morgan fingerprint density at radius 1 is 0.767 bits per heavy atom. The van der Waals surface area contributed by atoms with Gasteiger partial charge in [-0.1, -0.05) is 36.4 Å². The highest BCUT2D eigenvalue weighted by Gasteiger charge is 2.23. The van der Waals surface area contributed by atoms with Gasteiger partial charge in [-0.05, 0) is 36.7 Å². The Morgan fingerprint density at radius 2 is 1.50 bits per heavy atom. The van der Waals surface area contributed by atoms with Gasteiger partial charge in [0.25, 0.3) is 0 Å². The zero-order valence-corrected chi connectivity index (χ0v) is 17.2. The third-order valence-corrected chi connectivity index (χ3v) is 5.92. The van der Waals surface area contributed by atoms with Gasteiger partial charge in [0.2, 0.25) is 11.9 Å². The Balaban J connectivity index is 1.53. The van der Waals surface area contributed by atoms with Crippen molar-refractivity contribution in [3.63, 3.8) is 0 Å². The monoisotopic (exact) mass is 402 g/mol. The minimum Gasteiger partial charge on any atom is -0.508 e. The molecule has 0 spiro atoms. The molecule has 1 N–H and O–H groups in total. The third-order valence-electron chi connectivity index (χ3n) is 5.92. The van der Waals surface area contributed by atoms with Crippen LogP contribution in [0.25, 0.3) is 11.4 Å². The van der Waals surface area contributed by atoms with Crippen LogP contribution in [-0.4, -0.2) is 64.7 Å². The zero-order valence-electron chi connectivity index (χ0n) is 17.2. The minimum atomic E-state index is 0.211. The van der Waals surface area contributed by atoms with Gasteiger partial charge in [0.15, 0.2) is 5.82 Å². The van der Waals surface area contributed by atoms with Gasteiger partial charge in [0, 0.05) is 44.8 Å². The number of aromatic nitrogens is 3. The summed E-state index contributed by atoms with van der Waals surface area (Å²) in [7, 11) is 2.14. The number of benzene rings is 2. The molecule has 5 rings (SSSR count). The first kappa shape index (κ1) is 18.8. The van der Waals surface area contributed by atoms with E-state index in [0.29, 0.717) is 17.7 Å². The van der Waals surface area contributed by atoms with E-state index in [9.17, 15) is 5.11 Å². The predicted molar refractivity (Wildman–Crippen MR) is 118 cm³/mol. The molecule has 0 saturated carbocycles. The summed E-state index contributed by atoms with van der Waals surface area (Å²) in [5, 5.41) is 9.95. The summed E-state index contributed by atoms with van der Waals surface area (Å²) in [6, 6.07) is 15.7. The van der Waals surface area contributed by atoms with Crippen LogP contribution in [0.3, 0.4) is 0 Å². The molecular weight excluding hydrogens is 376 g/mol. The van der Waals surface area contributed by atoms with Gasteiger partial charge in [-0.2, -0.15) is 15.0 Å². The highest BCUT2D eigenvalue weighted by molar-refractivity contribution is 5.60. The number of piperazine rings is 1. The average molecular weight is 403 g/mol. The number of likely N-dealkylation sites (N-methyl/N-ethyl adjacent to an activating group) is 1.